The average molecular weight is 289 g/mol. The molecular formula is C13H15N5O3. The Kier molecular flexibility index (Phi) is 3.67. The molecule has 1 aliphatic heterocycles. The van der Waals surface area contributed by atoms with Gasteiger partial charge in [0, 0.05) is 0 Å². The number of nitrogens with zero attached hydrogens (tertiary/aromatic N) is 4. The Labute approximate surface area is 121 Å². The van der Waals surface area contributed by atoms with E-state index in [-0.39, 0.29) is 18.5 Å². The molecule has 0 aliphatic carbocycles. The molecule has 3 rings (SSSR count). The summed E-state index contributed by atoms with van der Waals surface area (Å²) in [5, 5.41) is 13.5. The Morgan fingerprint density at radius 1 is 1.38 bits per heavy atom. The minimum atomic E-state index is -0.162. The first-order valence-corrected chi connectivity index (χ1v) is 6.62. The summed E-state index contributed by atoms with van der Waals surface area (Å²) in [6.45, 7) is 3.09. The Balaban J connectivity index is 1.64. The molecule has 2 aromatic rings. The molecule has 0 fully saturated rings. The number of nitrogens with one attached hydrogen (secondary N) is 1. The number of carbonyl (C=O) groups excluding carboxylic acids is 1. The van der Waals surface area contributed by atoms with E-state index in [1.807, 2.05) is 25.1 Å². The van der Waals surface area contributed by atoms with E-state index in [1.54, 1.807) is 0 Å². The van der Waals surface area contributed by atoms with Crippen LogP contribution in [0.4, 0.5) is 0 Å². The van der Waals surface area contributed by atoms with Crippen molar-refractivity contribution in [3.63, 3.8) is 0 Å². The fraction of sp³-hybridized carbons (Fsp3) is 0.385. The van der Waals surface area contributed by atoms with Crippen LogP contribution in [0.3, 0.4) is 0 Å². The zero-order chi connectivity index (χ0) is 14.7. The Hall–Kier alpha value is -2.64. The second-order valence-corrected chi connectivity index (χ2v) is 4.70. The molecule has 2 heterocycles. The summed E-state index contributed by atoms with van der Waals surface area (Å²) >= 11 is 0. The SMILES string of the molecule is CC(NC(=O)Cn1cnnn1)c1ccc2c(c1)OCCO2. The molecule has 0 spiro atoms. The van der Waals surface area contributed by atoms with E-state index in [9.17, 15) is 4.79 Å². The molecule has 1 aliphatic rings. The number of hydrogen-bond acceptors (Lipinski definition) is 6. The first kappa shape index (κ1) is 13.3. The van der Waals surface area contributed by atoms with E-state index in [1.165, 1.54) is 11.0 Å². The van der Waals surface area contributed by atoms with Crippen molar-refractivity contribution in [3.8, 4) is 11.5 Å². The molecular weight excluding hydrogens is 274 g/mol. The Morgan fingerprint density at radius 2 is 2.19 bits per heavy atom. The maximum Gasteiger partial charge on any atom is 0.242 e. The summed E-state index contributed by atoms with van der Waals surface area (Å²) in [6, 6.07) is 5.50. The summed E-state index contributed by atoms with van der Waals surface area (Å²) in [5.41, 5.74) is 0.948. The molecule has 0 saturated carbocycles. The number of amides is 1. The van der Waals surface area contributed by atoms with Gasteiger partial charge in [0.2, 0.25) is 5.91 Å². The molecule has 21 heavy (non-hydrogen) atoms. The average Bonchev–Trinajstić information content (AvgIpc) is 2.99. The van der Waals surface area contributed by atoms with E-state index in [4.69, 9.17) is 9.47 Å². The van der Waals surface area contributed by atoms with Crippen LogP contribution >= 0.6 is 0 Å². The van der Waals surface area contributed by atoms with Gasteiger partial charge in [0.05, 0.1) is 6.04 Å². The van der Waals surface area contributed by atoms with Gasteiger partial charge in [0.25, 0.3) is 0 Å². The second-order valence-electron chi connectivity index (χ2n) is 4.70. The van der Waals surface area contributed by atoms with Gasteiger partial charge in [-0.15, -0.1) is 5.10 Å². The molecule has 0 saturated heterocycles. The summed E-state index contributed by atoms with van der Waals surface area (Å²) in [4.78, 5) is 11.9. The largest absolute Gasteiger partial charge is 0.486 e. The van der Waals surface area contributed by atoms with Gasteiger partial charge < -0.3 is 14.8 Å². The highest BCUT2D eigenvalue weighted by molar-refractivity contribution is 5.76. The lowest BCUT2D eigenvalue weighted by Gasteiger charge is -2.21. The molecule has 8 heteroatoms. The predicted molar refractivity (Wildman–Crippen MR) is 71.8 cm³/mol. The highest BCUT2D eigenvalue weighted by atomic mass is 16.6. The van der Waals surface area contributed by atoms with Crippen LogP contribution in [0.1, 0.15) is 18.5 Å². The van der Waals surface area contributed by atoms with Crippen LogP contribution in [0.25, 0.3) is 0 Å². The maximum atomic E-state index is 11.9. The van der Waals surface area contributed by atoms with Crippen LogP contribution in [0.2, 0.25) is 0 Å². The van der Waals surface area contributed by atoms with Gasteiger partial charge in [0.1, 0.15) is 26.1 Å². The van der Waals surface area contributed by atoms with Gasteiger partial charge in [-0.25, -0.2) is 4.68 Å². The molecule has 110 valence electrons. The van der Waals surface area contributed by atoms with Gasteiger partial charge in [-0.3, -0.25) is 4.79 Å². The van der Waals surface area contributed by atoms with Crippen molar-refractivity contribution in [1.29, 1.82) is 0 Å². The third kappa shape index (κ3) is 3.10. The van der Waals surface area contributed by atoms with Crippen molar-refractivity contribution in [1.82, 2.24) is 25.5 Å². The quantitative estimate of drug-likeness (QED) is 0.871. The molecule has 0 radical (unpaired) electrons. The first-order valence-electron chi connectivity index (χ1n) is 6.62. The second kappa shape index (κ2) is 5.78. The lowest BCUT2D eigenvalue weighted by atomic mass is 10.1. The standard InChI is InChI=1S/C13H15N5O3/c1-9(15-13(19)7-18-8-14-16-17-18)10-2-3-11-12(6-10)21-5-4-20-11/h2-3,6,8-9H,4-5,7H2,1H3,(H,15,19). The van der Waals surface area contributed by atoms with Crippen molar-refractivity contribution in [2.24, 2.45) is 0 Å². The van der Waals surface area contributed by atoms with Gasteiger partial charge in [-0.1, -0.05) is 6.07 Å². The van der Waals surface area contributed by atoms with Crippen LogP contribution in [-0.2, 0) is 11.3 Å². The number of carbonyl (C=O) groups is 1. The van der Waals surface area contributed by atoms with Crippen molar-refractivity contribution < 1.29 is 14.3 Å². The minimum Gasteiger partial charge on any atom is -0.486 e. The number of ether oxygens (including phenoxy) is 2. The summed E-state index contributed by atoms with van der Waals surface area (Å²) in [7, 11) is 0. The van der Waals surface area contributed by atoms with Gasteiger partial charge >= 0.3 is 0 Å². The number of aromatic nitrogens is 4. The summed E-state index contributed by atoms with van der Waals surface area (Å²) < 4.78 is 12.4. The van der Waals surface area contributed by atoms with Crippen LogP contribution in [0.15, 0.2) is 24.5 Å². The van der Waals surface area contributed by atoms with Crippen molar-refractivity contribution >= 4 is 5.91 Å². The number of hydrogen-bond donors (Lipinski definition) is 1. The Morgan fingerprint density at radius 3 is 2.95 bits per heavy atom. The van der Waals surface area contributed by atoms with Crippen LogP contribution in [0, 0.1) is 0 Å². The fourth-order valence-electron chi connectivity index (χ4n) is 2.10. The van der Waals surface area contributed by atoms with Crippen LogP contribution < -0.4 is 14.8 Å². The van der Waals surface area contributed by atoms with E-state index in [0.717, 1.165) is 11.3 Å². The van der Waals surface area contributed by atoms with Crippen LogP contribution in [-0.4, -0.2) is 39.3 Å². The van der Waals surface area contributed by atoms with E-state index < -0.39 is 0 Å². The first-order chi connectivity index (χ1) is 10.2. The number of tetrazole rings is 1. The molecule has 1 aromatic carbocycles. The molecule has 1 amide bonds. The minimum absolute atomic E-state index is 0.0852. The smallest absolute Gasteiger partial charge is 0.242 e. The lowest BCUT2D eigenvalue weighted by Crippen LogP contribution is -2.30. The Bertz CT molecular complexity index is 629. The monoisotopic (exact) mass is 289 g/mol. The summed E-state index contributed by atoms with van der Waals surface area (Å²) in [5.74, 6) is 1.28. The normalized spacial score (nSPS) is 14.5. The highest BCUT2D eigenvalue weighted by Gasteiger charge is 2.16. The number of rotatable bonds is 4. The third-order valence-electron chi connectivity index (χ3n) is 3.14. The fourth-order valence-corrected chi connectivity index (χ4v) is 2.10. The molecule has 1 unspecified atom stereocenters. The number of fused-ring (bicyclic) bond motifs is 1. The van der Waals surface area contributed by atoms with Gasteiger partial charge in [-0.2, -0.15) is 0 Å². The van der Waals surface area contributed by atoms with Gasteiger partial charge in [0.15, 0.2) is 11.5 Å². The molecule has 1 atom stereocenters. The number of benzene rings is 1. The lowest BCUT2D eigenvalue weighted by molar-refractivity contribution is -0.122. The molecule has 1 aromatic heterocycles. The zero-order valence-electron chi connectivity index (χ0n) is 11.5. The highest BCUT2D eigenvalue weighted by Crippen LogP contribution is 2.32. The van der Waals surface area contributed by atoms with E-state index in [2.05, 4.69) is 20.8 Å². The summed E-state index contributed by atoms with van der Waals surface area (Å²) in [6.07, 6.45) is 1.40. The molecule has 8 nitrogen and oxygen atoms in total. The van der Waals surface area contributed by atoms with Crippen molar-refractivity contribution in [2.75, 3.05) is 13.2 Å². The van der Waals surface area contributed by atoms with Crippen molar-refractivity contribution in [3.05, 3.63) is 30.1 Å². The maximum absolute atomic E-state index is 11.9. The van der Waals surface area contributed by atoms with Crippen LogP contribution in [0.5, 0.6) is 11.5 Å². The topological polar surface area (TPSA) is 91.2 Å². The molecule has 0 bridgehead atoms. The predicted octanol–water partition coefficient (Wildman–Crippen LogP) is 0.322. The van der Waals surface area contributed by atoms with Gasteiger partial charge in [-0.05, 0) is 35.0 Å². The van der Waals surface area contributed by atoms with Crippen molar-refractivity contribution in [2.45, 2.75) is 19.5 Å². The third-order valence-corrected chi connectivity index (χ3v) is 3.14. The van der Waals surface area contributed by atoms with E-state index in [0.29, 0.717) is 19.0 Å². The van der Waals surface area contributed by atoms with E-state index >= 15 is 0 Å². The molecule has 1 N–H and O–H groups in total. The zero-order valence-corrected chi connectivity index (χ0v) is 11.5.